The van der Waals surface area contributed by atoms with Gasteiger partial charge in [0.25, 0.3) is 0 Å². The van der Waals surface area contributed by atoms with Gasteiger partial charge in [0.1, 0.15) is 6.04 Å². The highest BCUT2D eigenvalue weighted by Crippen LogP contribution is 2.39. The van der Waals surface area contributed by atoms with Gasteiger partial charge in [-0.3, -0.25) is 9.59 Å². The van der Waals surface area contributed by atoms with E-state index < -0.39 is 23.7 Å². The zero-order valence-corrected chi connectivity index (χ0v) is 13.5. The van der Waals surface area contributed by atoms with Gasteiger partial charge in [-0.1, -0.05) is 30.3 Å². The van der Waals surface area contributed by atoms with Crippen LogP contribution in [0.2, 0.25) is 0 Å². The number of amides is 2. The lowest BCUT2D eigenvalue weighted by Gasteiger charge is -2.35. The smallest absolute Gasteiger partial charge is 0.337 e. The van der Waals surface area contributed by atoms with Gasteiger partial charge in [-0.2, -0.15) is 13.2 Å². The number of halogens is 3. The monoisotopic (exact) mass is 346 g/mol. The van der Waals surface area contributed by atoms with E-state index >= 15 is 0 Å². The normalized spacial score (nSPS) is 20.9. The van der Waals surface area contributed by atoms with E-state index in [-0.39, 0.29) is 17.2 Å². The molecular formula is C15H17F3N2O2S. The highest BCUT2D eigenvalue weighted by molar-refractivity contribution is 7.99. The molecule has 0 aromatic heterocycles. The predicted molar refractivity (Wildman–Crippen MR) is 81.6 cm³/mol. The van der Waals surface area contributed by atoms with E-state index in [4.69, 9.17) is 0 Å². The third-order valence-electron chi connectivity index (χ3n) is 3.88. The van der Waals surface area contributed by atoms with Crippen LogP contribution in [0.4, 0.5) is 13.2 Å². The molecule has 1 fully saturated rings. The molecule has 0 spiro atoms. The first-order valence-corrected chi connectivity index (χ1v) is 8.11. The quantitative estimate of drug-likeness (QED) is 0.915. The predicted octanol–water partition coefficient (Wildman–Crippen LogP) is 2.50. The van der Waals surface area contributed by atoms with E-state index in [0.717, 1.165) is 6.92 Å². The third kappa shape index (κ3) is 3.46. The lowest BCUT2D eigenvalue weighted by atomic mass is 9.90. The van der Waals surface area contributed by atoms with Crippen LogP contribution >= 0.6 is 11.8 Å². The van der Waals surface area contributed by atoms with Gasteiger partial charge in [0.15, 0.2) is 5.54 Å². The van der Waals surface area contributed by atoms with E-state index in [1.165, 1.54) is 47.9 Å². The topological polar surface area (TPSA) is 49.4 Å². The number of nitrogens with zero attached hydrogens (tertiary/aromatic N) is 1. The Morgan fingerprint density at radius 2 is 1.87 bits per heavy atom. The van der Waals surface area contributed by atoms with Crippen LogP contribution in [0.5, 0.6) is 0 Å². The fourth-order valence-electron chi connectivity index (χ4n) is 2.38. The molecule has 0 radical (unpaired) electrons. The molecule has 0 aliphatic carbocycles. The zero-order chi connectivity index (χ0) is 17.3. The number of nitrogens with one attached hydrogen (secondary N) is 1. The fraction of sp³-hybridized carbons (Fsp3) is 0.467. The summed E-state index contributed by atoms with van der Waals surface area (Å²) in [5, 5.41) is 2.11. The molecule has 0 bridgehead atoms. The van der Waals surface area contributed by atoms with E-state index in [1.807, 2.05) is 0 Å². The molecule has 1 saturated heterocycles. The van der Waals surface area contributed by atoms with Gasteiger partial charge in [-0.05, 0) is 12.5 Å². The van der Waals surface area contributed by atoms with Crippen molar-refractivity contribution in [3.05, 3.63) is 35.9 Å². The number of carbonyl (C=O) groups excluding carboxylic acids is 2. The fourth-order valence-corrected chi connectivity index (χ4v) is 3.60. The van der Waals surface area contributed by atoms with Crippen molar-refractivity contribution >= 4 is 23.6 Å². The first-order chi connectivity index (χ1) is 10.7. The molecule has 1 N–H and O–H groups in total. The second kappa shape index (κ2) is 6.43. The largest absolute Gasteiger partial charge is 0.415 e. The molecule has 0 unspecified atom stereocenters. The summed E-state index contributed by atoms with van der Waals surface area (Å²) in [6.07, 6.45) is -4.67. The number of alkyl halides is 3. The lowest BCUT2D eigenvalue weighted by molar-refractivity contribution is -0.198. The summed E-state index contributed by atoms with van der Waals surface area (Å²) in [6, 6.07) is 6.33. The average Bonchev–Trinajstić information content (AvgIpc) is 2.96. The Morgan fingerprint density at radius 3 is 2.39 bits per heavy atom. The second-order valence-electron chi connectivity index (χ2n) is 5.48. The lowest BCUT2D eigenvalue weighted by Crippen LogP contribution is -2.58. The van der Waals surface area contributed by atoms with Gasteiger partial charge in [0.2, 0.25) is 11.8 Å². The Balaban J connectivity index is 2.29. The molecule has 2 atom stereocenters. The first-order valence-electron chi connectivity index (χ1n) is 6.96. The van der Waals surface area contributed by atoms with Gasteiger partial charge in [-0.25, -0.2) is 0 Å². The van der Waals surface area contributed by atoms with E-state index in [9.17, 15) is 22.8 Å². The Bertz CT molecular complexity index is 594. The number of rotatable bonds is 3. The van der Waals surface area contributed by atoms with Gasteiger partial charge in [-0.15, -0.1) is 11.8 Å². The molecule has 1 aromatic carbocycles. The zero-order valence-electron chi connectivity index (χ0n) is 12.7. The highest BCUT2D eigenvalue weighted by atomic mass is 32.2. The minimum atomic E-state index is -4.67. The maximum absolute atomic E-state index is 13.6. The van der Waals surface area contributed by atoms with Crippen molar-refractivity contribution in [2.75, 3.05) is 11.6 Å². The van der Waals surface area contributed by atoms with E-state index in [1.54, 1.807) is 6.07 Å². The van der Waals surface area contributed by atoms with Gasteiger partial charge in [0, 0.05) is 12.7 Å². The van der Waals surface area contributed by atoms with Crippen LogP contribution in [-0.4, -0.2) is 40.6 Å². The summed E-state index contributed by atoms with van der Waals surface area (Å²) >= 11 is 1.34. The van der Waals surface area contributed by atoms with Crippen LogP contribution in [0, 0.1) is 0 Å². The van der Waals surface area contributed by atoms with E-state index in [2.05, 4.69) is 5.32 Å². The summed E-state index contributed by atoms with van der Waals surface area (Å²) in [6.45, 7) is 2.23. The number of benzene rings is 1. The van der Waals surface area contributed by atoms with Crippen molar-refractivity contribution in [1.29, 1.82) is 0 Å². The van der Waals surface area contributed by atoms with Gasteiger partial charge < -0.3 is 10.2 Å². The Labute approximate surface area is 136 Å². The van der Waals surface area contributed by atoms with Gasteiger partial charge in [0.05, 0.1) is 5.88 Å². The van der Waals surface area contributed by atoms with Crippen LogP contribution in [0.3, 0.4) is 0 Å². The van der Waals surface area contributed by atoms with Crippen molar-refractivity contribution < 1.29 is 22.8 Å². The Hall–Kier alpha value is -1.70. The molecule has 1 aliphatic heterocycles. The maximum atomic E-state index is 13.6. The van der Waals surface area contributed by atoms with Crippen molar-refractivity contribution in [1.82, 2.24) is 10.2 Å². The van der Waals surface area contributed by atoms with Crippen LogP contribution in [0.25, 0.3) is 0 Å². The molecule has 4 nitrogen and oxygen atoms in total. The summed E-state index contributed by atoms with van der Waals surface area (Å²) in [5.74, 6) is -0.534. The van der Waals surface area contributed by atoms with Crippen molar-refractivity contribution in [3.63, 3.8) is 0 Å². The molecule has 126 valence electrons. The second-order valence-corrected chi connectivity index (χ2v) is 6.48. The molecule has 1 heterocycles. The van der Waals surface area contributed by atoms with Crippen molar-refractivity contribution in [3.8, 4) is 0 Å². The number of hydrogen-bond acceptors (Lipinski definition) is 3. The standard InChI is InChI=1S/C15H17F3N2O2S/c1-10(21)20-9-23-8-12(20)13(22)19-14(2,15(16,17)18)11-6-4-3-5-7-11/h3-7,12H,8-9H2,1-2H3,(H,19,22)/t12-,14+/m1/s1. The molecule has 1 aromatic rings. The molecule has 23 heavy (non-hydrogen) atoms. The summed E-state index contributed by atoms with van der Waals surface area (Å²) < 4.78 is 40.8. The molecule has 0 saturated carbocycles. The van der Waals surface area contributed by atoms with Crippen molar-refractivity contribution in [2.45, 2.75) is 31.6 Å². The average molecular weight is 346 g/mol. The van der Waals surface area contributed by atoms with E-state index in [0.29, 0.717) is 5.88 Å². The summed E-state index contributed by atoms with van der Waals surface area (Å²) in [4.78, 5) is 25.2. The van der Waals surface area contributed by atoms with Crippen LogP contribution in [-0.2, 0) is 15.1 Å². The summed E-state index contributed by atoms with van der Waals surface area (Å²) in [7, 11) is 0. The van der Waals surface area contributed by atoms with Crippen LogP contribution in [0.15, 0.2) is 30.3 Å². The molecule has 1 aliphatic rings. The SMILES string of the molecule is CC(=O)N1CSC[C@@H]1C(=O)N[C@@](C)(c1ccccc1)C(F)(F)F. The summed E-state index contributed by atoms with van der Waals surface area (Å²) in [5.41, 5.74) is -2.57. The molecule has 2 rings (SSSR count). The molecule has 2 amide bonds. The molecular weight excluding hydrogens is 329 g/mol. The Morgan fingerprint density at radius 1 is 1.26 bits per heavy atom. The highest BCUT2D eigenvalue weighted by Gasteiger charge is 2.54. The number of thioether (sulfide) groups is 1. The Kier molecular flexibility index (Phi) is 4.93. The van der Waals surface area contributed by atoms with Crippen LogP contribution in [0.1, 0.15) is 19.4 Å². The van der Waals surface area contributed by atoms with Crippen LogP contribution < -0.4 is 5.32 Å². The number of carbonyl (C=O) groups is 2. The van der Waals surface area contributed by atoms with Gasteiger partial charge >= 0.3 is 6.18 Å². The van der Waals surface area contributed by atoms with Crippen molar-refractivity contribution in [2.24, 2.45) is 0 Å². The minimum absolute atomic E-state index is 0.0547. The minimum Gasteiger partial charge on any atom is -0.337 e. The number of hydrogen-bond donors (Lipinski definition) is 1. The third-order valence-corrected chi connectivity index (χ3v) is 4.89. The first kappa shape index (κ1) is 17.7. The molecule has 8 heteroatoms. The maximum Gasteiger partial charge on any atom is 0.415 e.